The Bertz CT molecular complexity index is 304. The molecule has 1 N–H and O–H groups in total. The second-order valence-electron chi connectivity index (χ2n) is 5.33. The summed E-state index contributed by atoms with van der Waals surface area (Å²) in [5.41, 5.74) is 0. The molecule has 0 aromatic rings. The average Bonchev–Trinajstić information content (AvgIpc) is 2.87. The second-order valence-corrected chi connectivity index (χ2v) is 5.33. The van der Waals surface area contributed by atoms with Gasteiger partial charge in [0.1, 0.15) is 0 Å². The third kappa shape index (κ3) is 2.40. The van der Waals surface area contributed by atoms with Crippen molar-refractivity contribution in [1.29, 1.82) is 0 Å². The Morgan fingerprint density at radius 3 is 2.81 bits per heavy atom. The van der Waals surface area contributed by atoms with Crippen LogP contribution >= 0.6 is 0 Å². The van der Waals surface area contributed by atoms with Crippen molar-refractivity contribution in [2.75, 3.05) is 0 Å². The van der Waals surface area contributed by atoms with E-state index in [0.717, 1.165) is 18.3 Å². The van der Waals surface area contributed by atoms with Crippen LogP contribution in [0, 0.1) is 30.1 Å². The van der Waals surface area contributed by atoms with Crippen LogP contribution in [0.1, 0.15) is 45.4 Å². The number of amides is 1. The summed E-state index contributed by atoms with van der Waals surface area (Å²) in [6, 6.07) is -0.0777. The van der Waals surface area contributed by atoms with Gasteiger partial charge in [-0.15, -0.1) is 6.42 Å². The lowest BCUT2D eigenvalue weighted by Crippen LogP contribution is -2.34. The highest BCUT2D eigenvalue weighted by Crippen LogP contribution is 2.49. The molecule has 4 unspecified atom stereocenters. The Labute approximate surface area is 98.2 Å². The van der Waals surface area contributed by atoms with E-state index in [-0.39, 0.29) is 11.9 Å². The maximum Gasteiger partial charge on any atom is 0.221 e. The minimum absolute atomic E-state index is 0.0777. The molecule has 2 bridgehead atoms. The average molecular weight is 219 g/mol. The summed E-state index contributed by atoms with van der Waals surface area (Å²) in [6.45, 7) is 2.00. The fourth-order valence-corrected chi connectivity index (χ4v) is 3.38. The lowest BCUT2D eigenvalue weighted by molar-refractivity contribution is -0.122. The third-order valence-corrected chi connectivity index (χ3v) is 4.28. The number of carbonyl (C=O) groups excluding carboxylic acids is 1. The van der Waals surface area contributed by atoms with E-state index in [9.17, 15) is 4.79 Å². The first-order chi connectivity index (χ1) is 7.72. The Balaban J connectivity index is 1.78. The first-order valence-electron chi connectivity index (χ1n) is 6.48. The molecule has 2 nitrogen and oxygen atoms in total. The van der Waals surface area contributed by atoms with Gasteiger partial charge in [0.25, 0.3) is 0 Å². The van der Waals surface area contributed by atoms with Crippen LogP contribution in [0.3, 0.4) is 0 Å². The molecule has 2 heteroatoms. The van der Waals surface area contributed by atoms with E-state index >= 15 is 0 Å². The van der Waals surface area contributed by atoms with Crippen LogP contribution in [-0.4, -0.2) is 11.9 Å². The van der Waals surface area contributed by atoms with Crippen molar-refractivity contribution in [2.24, 2.45) is 17.8 Å². The fraction of sp³-hybridized carbons (Fsp3) is 0.786. The zero-order chi connectivity index (χ0) is 11.5. The topological polar surface area (TPSA) is 29.1 Å². The summed E-state index contributed by atoms with van der Waals surface area (Å²) in [7, 11) is 0. The highest BCUT2D eigenvalue weighted by atomic mass is 16.1. The first kappa shape index (κ1) is 11.5. The molecule has 0 radical (unpaired) electrons. The van der Waals surface area contributed by atoms with Crippen molar-refractivity contribution in [1.82, 2.24) is 5.32 Å². The van der Waals surface area contributed by atoms with Crippen molar-refractivity contribution < 1.29 is 4.79 Å². The monoisotopic (exact) mass is 219 g/mol. The van der Waals surface area contributed by atoms with E-state index < -0.39 is 0 Å². The Morgan fingerprint density at radius 1 is 1.50 bits per heavy atom. The molecule has 16 heavy (non-hydrogen) atoms. The van der Waals surface area contributed by atoms with Gasteiger partial charge in [-0.2, -0.15) is 0 Å². The molecule has 2 rings (SSSR count). The Kier molecular flexibility index (Phi) is 3.53. The standard InChI is InChI=1S/C14H21NO/c1-3-13(4-2)15-14(16)9-12-8-10-5-6-11(12)7-10/h1,10-13H,4-9H2,2H3,(H,15,16). The van der Waals surface area contributed by atoms with Gasteiger partial charge in [-0.25, -0.2) is 0 Å². The smallest absolute Gasteiger partial charge is 0.221 e. The first-order valence-corrected chi connectivity index (χ1v) is 6.48. The molecule has 88 valence electrons. The van der Waals surface area contributed by atoms with Crippen LogP contribution in [0.2, 0.25) is 0 Å². The summed E-state index contributed by atoms with van der Waals surface area (Å²) < 4.78 is 0. The van der Waals surface area contributed by atoms with E-state index in [2.05, 4.69) is 11.2 Å². The van der Waals surface area contributed by atoms with E-state index in [1.165, 1.54) is 25.7 Å². The summed E-state index contributed by atoms with van der Waals surface area (Å²) in [5, 5.41) is 2.93. The number of fused-ring (bicyclic) bond motifs is 2. The van der Waals surface area contributed by atoms with Crippen molar-refractivity contribution in [3.63, 3.8) is 0 Å². The molecule has 2 aliphatic carbocycles. The molecule has 1 amide bonds. The molecule has 0 aliphatic heterocycles. The number of terminal acetylenes is 1. The van der Waals surface area contributed by atoms with E-state index in [4.69, 9.17) is 6.42 Å². The highest BCUT2D eigenvalue weighted by molar-refractivity contribution is 5.77. The number of hydrogen-bond acceptors (Lipinski definition) is 1. The van der Waals surface area contributed by atoms with Crippen LogP contribution in [0.5, 0.6) is 0 Å². The van der Waals surface area contributed by atoms with Crippen LogP contribution in [0.15, 0.2) is 0 Å². The number of carbonyl (C=O) groups is 1. The van der Waals surface area contributed by atoms with Crippen LogP contribution < -0.4 is 5.32 Å². The van der Waals surface area contributed by atoms with Gasteiger partial charge in [-0.1, -0.05) is 19.3 Å². The van der Waals surface area contributed by atoms with Gasteiger partial charge in [0.15, 0.2) is 0 Å². The number of nitrogens with one attached hydrogen (secondary N) is 1. The van der Waals surface area contributed by atoms with Crippen molar-refractivity contribution in [3.8, 4) is 12.3 Å². The molecule has 4 atom stereocenters. The molecule has 2 fully saturated rings. The minimum atomic E-state index is -0.0777. The Morgan fingerprint density at radius 2 is 2.31 bits per heavy atom. The molecule has 0 aromatic heterocycles. The summed E-state index contributed by atoms with van der Waals surface area (Å²) >= 11 is 0. The zero-order valence-electron chi connectivity index (χ0n) is 10.0. The van der Waals surface area contributed by atoms with Gasteiger partial charge in [-0.3, -0.25) is 4.79 Å². The molecule has 2 saturated carbocycles. The number of rotatable bonds is 4. The van der Waals surface area contributed by atoms with Gasteiger partial charge in [0.05, 0.1) is 6.04 Å². The van der Waals surface area contributed by atoms with Crippen molar-refractivity contribution in [2.45, 2.75) is 51.5 Å². The molecular formula is C14H21NO. The van der Waals surface area contributed by atoms with E-state index in [0.29, 0.717) is 12.3 Å². The predicted molar refractivity (Wildman–Crippen MR) is 64.6 cm³/mol. The van der Waals surface area contributed by atoms with Crippen molar-refractivity contribution >= 4 is 5.91 Å². The maximum absolute atomic E-state index is 11.8. The summed E-state index contributed by atoms with van der Waals surface area (Å²) in [4.78, 5) is 11.8. The van der Waals surface area contributed by atoms with Crippen LogP contribution in [-0.2, 0) is 4.79 Å². The minimum Gasteiger partial charge on any atom is -0.342 e. The van der Waals surface area contributed by atoms with E-state index in [1.807, 2.05) is 6.92 Å². The van der Waals surface area contributed by atoms with Gasteiger partial charge in [-0.05, 0) is 43.4 Å². The molecule has 2 aliphatic rings. The number of hydrogen-bond donors (Lipinski definition) is 1. The lowest BCUT2D eigenvalue weighted by atomic mass is 9.86. The quantitative estimate of drug-likeness (QED) is 0.722. The normalized spacial score (nSPS) is 33.4. The molecule has 0 spiro atoms. The predicted octanol–water partition coefficient (Wildman–Crippen LogP) is 2.34. The fourth-order valence-electron chi connectivity index (χ4n) is 3.38. The van der Waals surface area contributed by atoms with Gasteiger partial charge < -0.3 is 5.32 Å². The molecule has 0 heterocycles. The summed E-state index contributed by atoms with van der Waals surface area (Å²) in [6.07, 6.45) is 12.2. The molecule has 0 aromatic carbocycles. The van der Waals surface area contributed by atoms with Gasteiger partial charge in [0, 0.05) is 6.42 Å². The molecular weight excluding hydrogens is 198 g/mol. The molecule has 0 saturated heterocycles. The van der Waals surface area contributed by atoms with Crippen LogP contribution in [0.25, 0.3) is 0 Å². The van der Waals surface area contributed by atoms with Crippen LogP contribution in [0.4, 0.5) is 0 Å². The largest absolute Gasteiger partial charge is 0.342 e. The van der Waals surface area contributed by atoms with E-state index in [1.54, 1.807) is 0 Å². The SMILES string of the molecule is C#CC(CC)NC(=O)CC1CC2CCC1C2. The lowest BCUT2D eigenvalue weighted by Gasteiger charge is -2.21. The van der Waals surface area contributed by atoms with Crippen molar-refractivity contribution in [3.05, 3.63) is 0 Å². The van der Waals surface area contributed by atoms with Gasteiger partial charge >= 0.3 is 0 Å². The van der Waals surface area contributed by atoms with Gasteiger partial charge in [0.2, 0.25) is 5.91 Å². The Hall–Kier alpha value is -0.970. The second kappa shape index (κ2) is 4.91. The zero-order valence-corrected chi connectivity index (χ0v) is 10.0. The highest BCUT2D eigenvalue weighted by Gasteiger charge is 2.40. The summed E-state index contributed by atoms with van der Waals surface area (Å²) in [5.74, 6) is 5.13. The third-order valence-electron chi connectivity index (χ3n) is 4.28. The maximum atomic E-state index is 11.8.